The third-order valence-electron chi connectivity index (χ3n) is 4.52. The summed E-state index contributed by atoms with van der Waals surface area (Å²) in [5.41, 5.74) is 0. The lowest BCUT2D eigenvalue weighted by Gasteiger charge is -2.35. The van der Waals surface area contributed by atoms with E-state index in [1.807, 2.05) is 29.2 Å². The van der Waals surface area contributed by atoms with Crippen molar-refractivity contribution in [1.29, 1.82) is 0 Å². The number of rotatable bonds is 5. The van der Waals surface area contributed by atoms with Gasteiger partial charge < -0.3 is 14.4 Å². The Balaban J connectivity index is 1.63. The minimum absolute atomic E-state index is 0.131. The van der Waals surface area contributed by atoms with Crippen molar-refractivity contribution in [2.75, 3.05) is 31.6 Å². The standard InChI is InChI=1S/C17H24N6O/c1-3-15-20-8-10-23(15)14-5-4-9-22(12-14)17(24)13-21(2)16-11-18-6-7-19-16/h6-8,10-11,14H,3-5,9,12-13H2,1-2H3/t14-/m0/s1. The highest BCUT2D eigenvalue weighted by atomic mass is 16.2. The summed E-state index contributed by atoms with van der Waals surface area (Å²) in [7, 11) is 1.87. The van der Waals surface area contributed by atoms with Crippen molar-refractivity contribution in [3.05, 3.63) is 36.8 Å². The zero-order valence-corrected chi connectivity index (χ0v) is 14.3. The smallest absolute Gasteiger partial charge is 0.242 e. The van der Waals surface area contributed by atoms with Gasteiger partial charge in [0, 0.05) is 51.3 Å². The minimum Gasteiger partial charge on any atom is -0.349 e. The van der Waals surface area contributed by atoms with Crippen LogP contribution in [-0.2, 0) is 11.2 Å². The van der Waals surface area contributed by atoms with Crippen LogP contribution in [-0.4, -0.2) is 57.0 Å². The zero-order chi connectivity index (χ0) is 16.9. The number of carbonyl (C=O) groups is 1. The second-order valence-corrected chi connectivity index (χ2v) is 6.16. The molecule has 0 bridgehead atoms. The highest BCUT2D eigenvalue weighted by Crippen LogP contribution is 2.23. The Labute approximate surface area is 142 Å². The van der Waals surface area contributed by atoms with E-state index in [4.69, 9.17) is 0 Å². The monoisotopic (exact) mass is 328 g/mol. The average Bonchev–Trinajstić information content (AvgIpc) is 3.11. The molecule has 1 amide bonds. The normalized spacial score (nSPS) is 17.8. The van der Waals surface area contributed by atoms with Gasteiger partial charge in [-0.25, -0.2) is 9.97 Å². The Morgan fingerprint density at radius 3 is 2.96 bits per heavy atom. The van der Waals surface area contributed by atoms with E-state index in [2.05, 4.69) is 26.4 Å². The van der Waals surface area contributed by atoms with Crippen molar-refractivity contribution in [2.45, 2.75) is 32.2 Å². The first kappa shape index (κ1) is 16.4. The number of carbonyl (C=O) groups excluding carboxylic acids is 1. The van der Waals surface area contributed by atoms with Crippen LogP contribution in [0.15, 0.2) is 31.0 Å². The van der Waals surface area contributed by atoms with Crippen LogP contribution in [0.5, 0.6) is 0 Å². The second kappa shape index (κ2) is 7.42. The third kappa shape index (κ3) is 3.55. The first-order chi connectivity index (χ1) is 11.7. The molecule has 2 aromatic heterocycles. The molecule has 0 aliphatic carbocycles. The number of anilines is 1. The first-order valence-electron chi connectivity index (χ1n) is 8.45. The molecule has 2 aromatic rings. The van der Waals surface area contributed by atoms with E-state index < -0.39 is 0 Å². The molecular formula is C17H24N6O. The Kier molecular flexibility index (Phi) is 5.08. The summed E-state index contributed by atoms with van der Waals surface area (Å²) in [5, 5.41) is 0. The number of likely N-dealkylation sites (N-methyl/N-ethyl adjacent to an activating group) is 1. The molecule has 3 rings (SSSR count). The van der Waals surface area contributed by atoms with E-state index in [0.717, 1.165) is 38.2 Å². The van der Waals surface area contributed by atoms with E-state index >= 15 is 0 Å². The van der Waals surface area contributed by atoms with Gasteiger partial charge >= 0.3 is 0 Å². The predicted molar refractivity (Wildman–Crippen MR) is 91.8 cm³/mol. The van der Waals surface area contributed by atoms with Crippen molar-refractivity contribution in [1.82, 2.24) is 24.4 Å². The lowest BCUT2D eigenvalue weighted by atomic mass is 10.1. The Hall–Kier alpha value is -2.44. The maximum atomic E-state index is 12.7. The summed E-state index contributed by atoms with van der Waals surface area (Å²) in [6.45, 7) is 3.99. The molecule has 0 aromatic carbocycles. The molecule has 1 aliphatic heterocycles. The third-order valence-corrected chi connectivity index (χ3v) is 4.52. The van der Waals surface area contributed by atoms with Crippen LogP contribution in [0.1, 0.15) is 31.6 Å². The van der Waals surface area contributed by atoms with Gasteiger partial charge in [0.25, 0.3) is 0 Å². The molecule has 7 heteroatoms. The van der Waals surface area contributed by atoms with Crippen LogP contribution in [0.3, 0.4) is 0 Å². The number of nitrogens with zero attached hydrogens (tertiary/aromatic N) is 6. The number of aryl methyl sites for hydroxylation is 1. The van der Waals surface area contributed by atoms with Crippen molar-refractivity contribution in [2.24, 2.45) is 0 Å². The quantitative estimate of drug-likeness (QED) is 0.833. The van der Waals surface area contributed by atoms with Crippen LogP contribution < -0.4 is 4.90 Å². The van der Waals surface area contributed by atoms with Crippen molar-refractivity contribution in [3.63, 3.8) is 0 Å². The number of hydrogen-bond acceptors (Lipinski definition) is 5. The minimum atomic E-state index is 0.131. The Morgan fingerprint density at radius 2 is 2.21 bits per heavy atom. The Bertz CT molecular complexity index is 671. The predicted octanol–water partition coefficient (Wildman–Crippen LogP) is 1.54. The molecule has 0 radical (unpaired) electrons. The number of piperidine rings is 1. The van der Waals surface area contributed by atoms with E-state index in [1.54, 1.807) is 18.6 Å². The molecule has 1 saturated heterocycles. The van der Waals surface area contributed by atoms with E-state index in [-0.39, 0.29) is 5.91 Å². The molecule has 0 saturated carbocycles. The lowest BCUT2D eigenvalue weighted by molar-refractivity contribution is -0.131. The van der Waals surface area contributed by atoms with E-state index in [1.165, 1.54) is 0 Å². The number of hydrogen-bond donors (Lipinski definition) is 0. The molecule has 0 N–H and O–H groups in total. The van der Waals surface area contributed by atoms with Crippen molar-refractivity contribution < 1.29 is 4.79 Å². The highest BCUT2D eigenvalue weighted by Gasteiger charge is 2.26. The van der Waals surface area contributed by atoms with Gasteiger partial charge in [-0.2, -0.15) is 0 Å². The summed E-state index contributed by atoms with van der Waals surface area (Å²) in [5.74, 6) is 1.93. The summed E-state index contributed by atoms with van der Waals surface area (Å²) < 4.78 is 2.23. The Morgan fingerprint density at radius 1 is 1.33 bits per heavy atom. The topological polar surface area (TPSA) is 67.2 Å². The number of aromatic nitrogens is 4. The summed E-state index contributed by atoms with van der Waals surface area (Å²) in [4.78, 5) is 29.2. The van der Waals surface area contributed by atoms with Gasteiger partial charge in [-0.3, -0.25) is 9.78 Å². The molecule has 0 unspecified atom stereocenters. The largest absolute Gasteiger partial charge is 0.349 e. The zero-order valence-electron chi connectivity index (χ0n) is 14.3. The van der Waals surface area contributed by atoms with E-state index in [9.17, 15) is 4.79 Å². The van der Waals surface area contributed by atoms with Gasteiger partial charge in [0.2, 0.25) is 5.91 Å². The number of likely N-dealkylation sites (tertiary alicyclic amines) is 1. The SMILES string of the molecule is CCc1nccn1[C@H]1CCCN(C(=O)CN(C)c2cnccn2)C1. The molecule has 128 valence electrons. The summed E-state index contributed by atoms with van der Waals surface area (Å²) in [6.07, 6.45) is 11.8. The summed E-state index contributed by atoms with van der Waals surface area (Å²) in [6, 6.07) is 0.321. The van der Waals surface area contributed by atoms with Crippen LogP contribution in [0.2, 0.25) is 0 Å². The maximum Gasteiger partial charge on any atom is 0.242 e. The van der Waals surface area contributed by atoms with Gasteiger partial charge in [0.15, 0.2) is 0 Å². The lowest BCUT2D eigenvalue weighted by Crippen LogP contribution is -2.45. The molecular weight excluding hydrogens is 304 g/mol. The van der Waals surface area contributed by atoms with Gasteiger partial charge in [-0.05, 0) is 12.8 Å². The first-order valence-corrected chi connectivity index (χ1v) is 8.45. The van der Waals surface area contributed by atoms with Crippen molar-refractivity contribution in [3.8, 4) is 0 Å². The summed E-state index contributed by atoms with van der Waals surface area (Å²) >= 11 is 0. The van der Waals surface area contributed by atoms with Crippen LogP contribution in [0.4, 0.5) is 5.82 Å². The molecule has 0 spiro atoms. The van der Waals surface area contributed by atoms with Gasteiger partial charge in [-0.15, -0.1) is 0 Å². The number of imidazole rings is 1. The molecule has 1 fully saturated rings. The number of amides is 1. The second-order valence-electron chi connectivity index (χ2n) is 6.16. The maximum absolute atomic E-state index is 12.7. The molecule has 1 atom stereocenters. The van der Waals surface area contributed by atoms with Crippen LogP contribution in [0.25, 0.3) is 0 Å². The van der Waals surface area contributed by atoms with Crippen LogP contribution >= 0.6 is 0 Å². The molecule has 24 heavy (non-hydrogen) atoms. The molecule has 3 heterocycles. The van der Waals surface area contributed by atoms with E-state index in [0.29, 0.717) is 18.4 Å². The van der Waals surface area contributed by atoms with Gasteiger partial charge in [0.1, 0.15) is 11.6 Å². The van der Waals surface area contributed by atoms with Gasteiger partial charge in [-0.1, -0.05) is 6.92 Å². The van der Waals surface area contributed by atoms with Crippen molar-refractivity contribution >= 4 is 11.7 Å². The average molecular weight is 328 g/mol. The molecule has 1 aliphatic rings. The highest BCUT2D eigenvalue weighted by molar-refractivity contribution is 5.81. The van der Waals surface area contributed by atoms with Crippen LogP contribution in [0, 0.1) is 0 Å². The van der Waals surface area contributed by atoms with Gasteiger partial charge in [0.05, 0.1) is 18.8 Å². The molecule has 7 nitrogen and oxygen atoms in total. The fraction of sp³-hybridized carbons (Fsp3) is 0.529. The fourth-order valence-corrected chi connectivity index (χ4v) is 3.23. The fourth-order valence-electron chi connectivity index (χ4n) is 3.23.